The maximum Gasteiger partial charge on any atom is 0.259 e. The van der Waals surface area contributed by atoms with Crippen LogP contribution >= 0.6 is 23.1 Å². The number of thioether (sulfide) groups is 1. The van der Waals surface area contributed by atoms with Gasteiger partial charge in [-0.15, -0.1) is 23.1 Å². The second-order valence-corrected chi connectivity index (χ2v) is 9.23. The molecule has 0 atom stereocenters. The topological polar surface area (TPSA) is 101 Å². The van der Waals surface area contributed by atoms with Crippen LogP contribution in [0.25, 0.3) is 10.2 Å². The van der Waals surface area contributed by atoms with E-state index in [0.29, 0.717) is 23.9 Å². The summed E-state index contributed by atoms with van der Waals surface area (Å²) in [6, 6.07) is 0. The number of nitrogens with two attached hydrogens (primary N) is 1. The van der Waals surface area contributed by atoms with Gasteiger partial charge >= 0.3 is 0 Å². The van der Waals surface area contributed by atoms with Crippen LogP contribution in [-0.2, 0) is 23.4 Å². The second-order valence-electron chi connectivity index (χ2n) is 7.16. The van der Waals surface area contributed by atoms with Gasteiger partial charge in [-0.2, -0.15) is 0 Å². The summed E-state index contributed by atoms with van der Waals surface area (Å²) in [6.45, 7) is 4.17. The zero-order valence-electron chi connectivity index (χ0n) is 14.6. The van der Waals surface area contributed by atoms with Crippen LogP contribution in [0.4, 0.5) is 0 Å². The highest BCUT2D eigenvalue weighted by molar-refractivity contribution is 7.99. The molecular formula is C17H24N4O2S2. The molecule has 1 aliphatic rings. The molecule has 1 amide bonds. The monoisotopic (exact) mass is 380 g/mol. The molecule has 136 valence electrons. The van der Waals surface area contributed by atoms with Crippen LogP contribution in [0.3, 0.4) is 0 Å². The zero-order chi connectivity index (χ0) is 18.0. The maximum atomic E-state index is 12.5. The van der Waals surface area contributed by atoms with Gasteiger partial charge in [0.2, 0.25) is 5.91 Å². The number of aryl methyl sites for hydroxylation is 2. The fraction of sp³-hybridized carbons (Fsp3) is 0.588. The average molecular weight is 381 g/mol. The first-order valence-corrected chi connectivity index (χ1v) is 10.5. The molecule has 3 rings (SSSR count). The van der Waals surface area contributed by atoms with Crippen LogP contribution in [-0.4, -0.2) is 33.7 Å². The molecule has 0 fully saturated rings. The van der Waals surface area contributed by atoms with Crippen molar-refractivity contribution < 1.29 is 4.79 Å². The highest BCUT2D eigenvalue weighted by Crippen LogP contribution is 2.33. The molecule has 0 unspecified atom stereocenters. The van der Waals surface area contributed by atoms with Crippen LogP contribution in [0.1, 0.15) is 43.0 Å². The predicted octanol–water partition coefficient (Wildman–Crippen LogP) is 1.95. The minimum Gasteiger partial charge on any atom is -0.354 e. The van der Waals surface area contributed by atoms with Crippen LogP contribution < -0.4 is 16.6 Å². The summed E-state index contributed by atoms with van der Waals surface area (Å²) >= 11 is 3.08. The molecule has 6 nitrogen and oxygen atoms in total. The number of amides is 1. The molecular weight excluding hydrogens is 356 g/mol. The molecule has 2 aromatic rings. The molecule has 0 bridgehead atoms. The average Bonchev–Trinajstić information content (AvgIpc) is 2.91. The Morgan fingerprint density at radius 2 is 2.16 bits per heavy atom. The van der Waals surface area contributed by atoms with Gasteiger partial charge in [0.25, 0.3) is 5.56 Å². The molecule has 0 aliphatic heterocycles. The Morgan fingerprint density at radius 3 is 2.92 bits per heavy atom. The van der Waals surface area contributed by atoms with Crippen LogP contribution in [0.15, 0.2) is 4.79 Å². The summed E-state index contributed by atoms with van der Waals surface area (Å²) < 4.78 is 0. The van der Waals surface area contributed by atoms with Crippen molar-refractivity contribution >= 4 is 39.2 Å². The molecule has 4 N–H and O–H groups in total. The number of H-pyrrole nitrogens is 1. The Kier molecular flexibility index (Phi) is 5.50. The number of aromatic nitrogens is 2. The molecule has 2 heterocycles. The number of nitrogens with one attached hydrogen (secondary N) is 2. The van der Waals surface area contributed by atoms with Gasteiger partial charge in [0, 0.05) is 17.0 Å². The Morgan fingerprint density at radius 1 is 1.40 bits per heavy atom. The Hall–Kier alpha value is -1.38. The van der Waals surface area contributed by atoms with Crippen molar-refractivity contribution in [2.75, 3.05) is 12.3 Å². The summed E-state index contributed by atoms with van der Waals surface area (Å²) in [6.07, 6.45) is 4.36. The maximum absolute atomic E-state index is 12.5. The van der Waals surface area contributed by atoms with Crippen molar-refractivity contribution in [2.24, 2.45) is 5.73 Å². The number of thiophene rings is 1. The highest BCUT2D eigenvalue weighted by atomic mass is 32.2. The molecule has 2 aromatic heterocycles. The fourth-order valence-corrected chi connectivity index (χ4v) is 4.90. The van der Waals surface area contributed by atoms with Crippen molar-refractivity contribution in [1.82, 2.24) is 15.3 Å². The van der Waals surface area contributed by atoms with E-state index in [2.05, 4.69) is 15.3 Å². The zero-order valence-corrected chi connectivity index (χ0v) is 16.2. The molecule has 8 heteroatoms. The van der Waals surface area contributed by atoms with E-state index in [1.807, 2.05) is 13.8 Å². The third-order valence-electron chi connectivity index (χ3n) is 4.09. The van der Waals surface area contributed by atoms with Gasteiger partial charge in [0.15, 0.2) is 0 Å². The highest BCUT2D eigenvalue weighted by Gasteiger charge is 2.19. The van der Waals surface area contributed by atoms with E-state index in [0.717, 1.165) is 29.5 Å². The van der Waals surface area contributed by atoms with Crippen LogP contribution in [0.5, 0.6) is 0 Å². The molecule has 0 spiro atoms. The van der Waals surface area contributed by atoms with Crippen molar-refractivity contribution in [3.63, 3.8) is 0 Å². The third-order valence-corrected chi connectivity index (χ3v) is 6.22. The minimum atomic E-state index is -0.420. The molecule has 0 saturated heterocycles. The Labute approximate surface area is 155 Å². The van der Waals surface area contributed by atoms with E-state index >= 15 is 0 Å². The third kappa shape index (κ3) is 4.62. The summed E-state index contributed by atoms with van der Waals surface area (Å²) in [5.41, 5.74) is 6.57. The SMILES string of the molecule is CC(C)(N)CNC(=O)CSCc1nc2sc3c(c2c(=O)[nH]1)CCCC3. The lowest BCUT2D eigenvalue weighted by atomic mass is 9.97. The Balaban J connectivity index is 1.63. The summed E-state index contributed by atoms with van der Waals surface area (Å²) in [5.74, 6) is 1.40. The minimum absolute atomic E-state index is 0.0469. The first-order chi connectivity index (χ1) is 11.8. The van der Waals surface area contributed by atoms with E-state index in [-0.39, 0.29) is 11.5 Å². The number of hydrogen-bond acceptors (Lipinski definition) is 6. The molecule has 1 aliphatic carbocycles. The molecule has 25 heavy (non-hydrogen) atoms. The number of rotatable bonds is 6. The smallest absolute Gasteiger partial charge is 0.259 e. The van der Waals surface area contributed by atoms with Crippen molar-refractivity contribution in [3.05, 3.63) is 26.6 Å². The quantitative estimate of drug-likeness (QED) is 0.711. The predicted molar refractivity (Wildman–Crippen MR) is 104 cm³/mol. The van der Waals surface area contributed by atoms with Crippen molar-refractivity contribution in [2.45, 2.75) is 50.8 Å². The molecule has 0 aromatic carbocycles. The van der Waals surface area contributed by atoms with Crippen molar-refractivity contribution in [1.29, 1.82) is 0 Å². The van der Waals surface area contributed by atoms with Gasteiger partial charge in [-0.1, -0.05) is 0 Å². The Bertz CT molecular complexity index is 836. The van der Waals surface area contributed by atoms with Gasteiger partial charge in [0.05, 0.1) is 16.9 Å². The van der Waals surface area contributed by atoms with E-state index < -0.39 is 5.54 Å². The number of carbonyl (C=O) groups excluding carboxylic acids is 1. The lowest BCUT2D eigenvalue weighted by Crippen LogP contribution is -2.45. The molecule has 0 saturated carbocycles. The summed E-state index contributed by atoms with van der Waals surface area (Å²) in [4.78, 5) is 33.9. The van der Waals surface area contributed by atoms with E-state index in [1.54, 1.807) is 11.3 Å². The van der Waals surface area contributed by atoms with Gasteiger partial charge in [-0.3, -0.25) is 9.59 Å². The van der Waals surface area contributed by atoms with Crippen LogP contribution in [0.2, 0.25) is 0 Å². The van der Waals surface area contributed by atoms with Gasteiger partial charge in [-0.05, 0) is 45.1 Å². The van der Waals surface area contributed by atoms with Gasteiger partial charge in [0.1, 0.15) is 10.7 Å². The van der Waals surface area contributed by atoms with E-state index in [1.165, 1.54) is 28.6 Å². The van der Waals surface area contributed by atoms with E-state index in [4.69, 9.17) is 5.73 Å². The first-order valence-electron chi connectivity index (χ1n) is 8.50. The lowest BCUT2D eigenvalue weighted by molar-refractivity contribution is -0.118. The molecule has 0 radical (unpaired) electrons. The fourth-order valence-electron chi connectivity index (χ4n) is 2.89. The van der Waals surface area contributed by atoms with Gasteiger partial charge in [-0.25, -0.2) is 4.98 Å². The standard InChI is InChI=1S/C17H24N4O2S2/c1-17(2,18)9-19-13(22)8-24-7-12-20-15(23)14-10-5-3-4-6-11(10)25-16(14)21-12/h3-9,18H2,1-2H3,(H,19,22)(H,20,21,23). The summed E-state index contributed by atoms with van der Waals surface area (Å²) in [7, 11) is 0. The number of aromatic amines is 1. The van der Waals surface area contributed by atoms with Crippen molar-refractivity contribution in [3.8, 4) is 0 Å². The van der Waals surface area contributed by atoms with Crippen LogP contribution in [0, 0.1) is 0 Å². The normalized spacial score (nSPS) is 14.5. The lowest BCUT2D eigenvalue weighted by Gasteiger charge is -2.18. The largest absolute Gasteiger partial charge is 0.354 e. The number of hydrogen-bond donors (Lipinski definition) is 3. The first kappa shape index (κ1) is 18.4. The summed E-state index contributed by atoms with van der Waals surface area (Å²) in [5, 5.41) is 3.58. The number of carbonyl (C=O) groups is 1. The van der Waals surface area contributed by atoms with E-state index in [9.17, 15) is 9.59 Å². The number of fused-ring (bicyclic) bond motifs is 3. The number of nitrogens with zero attached hydrogens (tertiary/aromatic N) is 1. The second kappa shape index (κ2) is 7.47. The van der Waals surface area contributed by atoms with Gasteiger partial charge < -0.3 is 16.0 Å².